The van der Waals surface area contributed by atoms with E-state index in [2.05, 4.69) is 27.7 Å². The Morgan fingerprint density at radius 2 is 1.21 bits per heavy atom. The van der Waals surface area contributed by atoms with Crippen molar-refractivity contribution in [1.29, 1.82) is 0 Å². The van der Waals surface area contributed by atoms with Gasteiger partial charge in [-0.05, 0) is 18.3 Å². The Kier molecular flexibility index (Phi) is 12.9. The molecule has 0 aromatic carbocycles. The lowest BCUT2D eigenvalue weighted by Crippen LogP contribution is -2.34. The molecule has 0 amide bonds. The van der Waals surface area contributed by atoms with E-state index < -0.39 is 0 Å². The molecular formula is C18H39N. The normalized spacial score (nSPS) is 14.8. The van der Waals surface area contributed by atoms with Crippen molar-refractivity contribution in [3.63, 3.8) is 0 Å². The van der Waals surface area contributed by atoms with Gasteiger partial charge in [0, 0.05) is 6.04 Å². The second kappa shape index (κ2) is 13.0. The summed E-state index contributed by atoms with van der Waals surface area (Å²) in [7, 11) is 0. The van der Waals surface area contributed by atoms with Crippen LogP contribution in [0.25, 0.3) is 0 Å². The fourth-order valence-electron chi connectivity index (χ4n) is 2.93. The third-order valence-corrected chi connectivity index (χ3v) is 4.52. The maximum absolute atomic E-state index is 6.28. The lowest BCUT2D eigenvalue weighted by molar-refractivity contribution is 0.305. The van der Waals surface area contributed by atoms with Crippen LogP contribution in [0.2, 0.25) is 0 Å². The molecule has 0 aromatic rings. The monoisotopic (exact) mass is 269 g/mol. The van der Waals surface area contributed by atoms with E-state index in [0.29, 0.717) is 12.0 Å². The van der Waals surface area contributed by atoms with E-state index >= 15 is 0 Å². The molecule has 0 heterocycles. The van der Waals surface area contributed by atoms with Crippen molar-refractivity contribution in [3.05, 3.63) is 0 Å². The van der Waals surface area contributed by atoms with Crippen LogP contribution in [-0.2, 0) is 0 Å². The predicted octanol–water partition coefficient (Wildman–Crippen LogP) is 5.92. The Morgan fingerprint density at radius 3 is 1.63 bits per heavy atom. The van der Waals surface area contributed by atoms with Gasteiger partial charge in [0.15, 0.2) is 0 Å². The maximum Gasteiger partial charge on any atom is 0.00902 e. The van der Waals surface area contributed by atoms with E-state index in [1.807, 2.05) is 0 Å². The Morgan fingerprint density at radius 1 is 0.737 bits per heavy atom. The first kappa shape index (κ1) is 19.0. The van der Waals surface area contributed by atoms with Gasteiger partial charge in [-0.1, -0.05) is 91.9 Å². The largest absolute Gasteiger partial charge is 0.327 e. The van der Waals surface area contributed by atoms with Crippen LogP contribution in [0.4, 0.5) is 0 Å². The second-order valence-electron chi connectivity index (χ2n) is 6.61. The van der Waals surface area contributed by atoms with Gasteiger partial charge < -0.3 is 5.73 Å². The van der Waals surface area contributed by atoms with Crippen molar-refractivity contribution in [3.8, 4) is 0 Å². The van der Waals surface area contributed by atoms with Crippen LogP contribution in [0.5, 0.6) is 0 Å². The Bertz CT molecular complexity index is 177. The molecule has 2 unspecified atom stereocenters. The molecule has 0 aliphatic heterocycles. The fourth-order valence-corrected chi connectivity index (χ4v) is 2.93. The molecule has 0 spiro atoms. The predicted molar refractivity (Wildman–Crippen MR) is 88.4 cm³/mol. The number of unbranched alkanes of at least 4 members (excludes halogenated alkanes) is 8. The van der Waals surface area contributed by atoms with Crippen LogP contribution >= 0.6 is 0 Å². The van der Waals surface area contributed by atoms with Crippen LogP contribution in [-0.4, -0.2) is 6.04 Å². The van der Waals surface area contributed by atoms with E-state index in [1.54, 1.807) is 0 Å². The van der Waals surface area contributed by atoms with Crippen LogP contribution < -0.4 is 5.73 Å². The molecule has 0 aliphatic rings. The highest BCUT2D eigenvalue weighted by Crippen LogP contribution is 2.21. The quantitative estimate of drug-likeness (QED) is 0.413. The maximum atomic E-state index is 6.28. The Hall–Kier alpha value is -0.0400. The van der Waals surface area contributed by atoms with Gasteiger partial charge in [-0.25, -0.2) is 0 Å². The van der Waals surface area contributed by atoms with Crippen LogP contribution in [0, 0.1) is 11.8 Å². The van der Waals surface area contributed by atoms with Gasteiger partial charge >= 0.3 is 0 Å². The molecule has 0 rings (SSSR count). The molecule has 0 aromatic heterocycles. The molecule has 2 N–H and O–H groups in total. The molecule has 19 heavy (non-hydrogen) atoms. The first-order chi connectivity index (χ1) is 9.13. The molecule has 0 saturated carbocycles. The van der Waals surface area contributed by atoms with Crippen molar-refractivity contribution in [2.75, 3.05) is 0 Å². The molecular weight excluding hydrogens is 230 g/mol. The average molecular weight is 270 g/mol. The zero-order valence-electron chi connectivity index (χ0n) is 14.1. The first-order valence-electron chi connectivity index (χ1n) is 8.89. The minimum atomic E-state index is 0.402. The molecule has 116 valence electrons. The van der Waals surface area contributed by atoms with Crippen molar-refractivity contribution in [2.45, 2.75) is 104 Å². The molecule has 0 bridgehead atoms. The van der Waals surface area contributed by atoms with E-state index in [4.69, 9.17) is 5.73 Å². The highest BCUT2D eigenvalue weighted by Gasteiger charge is 2.18. The van der Waals surface area contributed by atoms with E-state index in [-0.39, 0.29) is 0 Å². The van der Waals surface area contributed by atoms with Crippen molar-refractivity contribution in [2.24, 2.45) is 17.6 Å². The van der Waals surface area contributed by atoms with E-state index in [9.17, 15) is 0 Å². The minimum Gasteiger partial charge on any atom is -0.327 e. The second-order valence-corrected chi connectivity index (χ2v) is 6.61. The number of hydrogen-bond donors (Lipinski definition) is 1. The molecule has 2 atom stereocenters. The summed E-state index contributed by atoms with van der Waals surface area (Å²) < 4.78 is 0. The highest BCUT2D eigenvalue weighted by atomic mass is 14.7. The Balaban J connectivity index is 3.41. The van der Waals surface area contributed by atoms with E-state index in [0.717, 1.165) is 5.92 Å². The summed E-state index contributed by atoms with van der Waals surface area (Å²) in [6.07, 6.45) is 15.4. The zero-order chi connectivity index (χ0) is 14.5. The summed E-state index contributed by atoms with van der Waals surface area (Å²) in [6.45, 7) is 9.08. The number of hydrogen-bond acceptors (Lipinski definition) is 1. The van der Waals surface area contributed by atoms with Gasteiger partial charge in [0.05, 0.1) is 0 Å². The molecule has 0 fully saturated rings. The standard InChI is InChI=1S/C18H39N/c1-5-7-8-9-10-11-12-13-14-15-17(6-2)18(19)16(3)4/h16-18H,5-15,19H2,1-4H3. The third kappa shape index (κ3) is 10.4. The van der Waals surface area contributed by atoms with Gasteiger partial charge in [0.1, 0.15) is 0 Å². The van der Waals surface area contributed by atoms with Gasteiger partial charge in [0.2, 0.25) is 0 Å². The van der Waals surface area contributed by atoms with Crippen molar-refractivity contribution >= 4 is 0 Å². The average Bonchev–Trinajstić information content (AvgIpc) is 2.40. The smallest absolute Gasteiger partial charge is 0.00902 e. The molecule has 0 saturated heterocycles. The highest BCUT2D eigenvalue weighted by molar-refractivity contribution is 4.74. The number of nitrogens with two attached hydrogens (primary N) is 1. The molecule has 0 aliphatic carbocycles. The summed E-state index contributed by atoms with van der Waals surface area (Å²) in [5.74, 6) is 1.37. The summed E-state index contributed by atoms with van der Waals surface area (Å²) >= 11 is 0. The third-order valence-electron chi connectivity index (χ3n) is 4.52. The lowest BCUT2D eigenvalue weighted by Gasteiger charge is -2.25. The Labute approximate surface area is 122 Å². The SMILES string of the molecule is CCCCCCCCCCCC(CC)C(N)C(C)C. The van der Waals surface area contributed by atoms with Crippen LogP contribution in [0.1, 0.15) is 98.3 Å². The summed E-state index contributed by atoms with van der Waals surface area (Å²) in [4.78, 5) is 0. The lowest BCUT2D eigenvalue weighted by atomic mass is 9.85. The van der Waals surface area contributed by atoms with Gasteiger partial charge in [-0.2, -0.15) is 0 Å². The minimum absolute atomic E-state index is 0.402. The zero-order valence-corrected chi connectivity index (χ0v) is 14.1. The van der Waals surface area contributed by atoms with Gasteiger partial charge in [0.25, 0.3) is 0 Å². The fraction of sp³-hybridized carbons (Fsp3) is 1.00. The van der Waals surface area contributed by atoms with Gasteiger partial charge in [-0.3, -0.25) is 0 Å². The molecule has 0 radical (unpaired) electrons. The van der Waals surface area contributed by atoms with Gasteiger partial charge in [-0.15, -0.1) is 0 Å². The van der Waals surface area contributed by atoms with Crippen LogP contribution in [0.3, 0.4) is 0 Å². The van der Waals surface area contributed by atoms with Crippen molar-refractivity contribution in [1.82, 2.24) is 0 Å². The summed E-state index contributed by atoms with van der Waals surface area (Å²) in [5.41, 5.74) is 6.28. The topological polar surface area (TPSA) is 26.0 Å². The summed E-state index contributed by atoms with van der Waals surface area (Å²) in [5, 5.41) is 0. The number of rotatable bonds is 13. The summed E-state index contributed by atoms with van der Waals surface area (Å²) in [6, 6.07) is 0.402. The first-order valence-corrected chi connectivity index (χ1v) is 8.89. The van der Waals surface area contributed by atoms with Crippen LogP contribution in [0.15, 0.2) is 0 Å². The van der Waals surface area contributed by atoms with E-state index in [1.165, 1.54) is 70.6 Å². The molecule has 1 nitrogen and oxygen atoms in total. The van der Waals surface area contributed by atoms with Crippen molar-refractivity contribution < 1.29 is 0 Å². The molecule has 1 heteroatoms.